The summed E-state index contributed by atoms with van der Waals surface area (Å²) in [6, 6.07) is 10.0. The first-order valence-electron chi connectivity index (χ1n) is 7.56. The molecule has 2 rings (SSSR count). The van der Waals surface area contributed by atoms with Crippen LogP contribution < -0.4 is 9.47 Å². The molecule has 0 spiro atoms. The van der Waals surface area contributed by atoms with Crippen LogP contribution in [0.3, 0.4) is 0 Å². The Hall–Kier alpha value is -1.95. The largest absolute Gasteiger partial charge is 0.497 e. The minimum atomic E-state index is -0.266. The summed E-state index contributed by atoms with van der Waals surface area (Å²) in [5.74, 6) is 1.02. The average Bonchev–Trinajstić information content (AvgIpc) is 2.62. The molecule has 25 heavy (non-hydrogen) atoms. The van der Waals surface area contributed by atoms with Crippen LogP contribution in [0.5, 0.6) is 11.5 Å². The molecule has 0 aromatic heterocycles. The lowest BCUT2D eigenvalue weighted by Crippen LogP contribution is -2.33. The zero-order chi connectivity index (χ0) is 18.4. The molecule has 1 N–H and O–H groups in total. The first-order valence-corrected chi connectivity index (χ1v) is 8.31. The van der Waals surface area contributed by atoms with Gasteiger partial charge in [0.25, 0.3) is 5.91 Å². The number of ether oxygens (including phenoxy) is 2. The van der Waals surface area contributed by atoms with E-state index in [-0.39, 0.29) is 25.6 Å². The summed E-state index contributed by atoms with van der Waals surface area (Å²) in [5, 5.41) is 10.0. The molecule has 1 amide bonds. The highest BCUT2D eigenvalue weighted by atomic mass is 35.5. The van der Waals surface area contributed by atoms with Gasteiger partial charge in [0.15, 0.2) is 0 Å². The first-order chi connectivity index (χ1) is 12.0. The van der Waals surface area contributed by atoms with Crippen molar-refractivity contribution in [3.63, 3.8) is 0 Å². The quantitative estimate of drug-likeness (QED) is 0.792. The number of hydrogen-bond acceptors (Lipinski definition) is 4. The summed E-state index contributed by atoms with van der Waals surface area (Å²) in [5.41, 5.74) is 1.16. The summed E-state index contributed by atoms with van der Waals surface area (Å²) >= 11 is 11.9. The van der Waals surface area contributed by atoms with Crippen molar-refractivity contribution in [3.8, 4) is 11.5 Å². The number of aliphatic hydroxyl groups excluding tert-OH is 1. The molecule has 2 aromatic rings. The van der Waals surface area contributed by atoms with E-state index in [4.69, 9.17) is 32.7 Å². The Morgan fingerprint density at radius 3 is 2.44 bits per heavy atom. The molecule has 0 atom stereocenters. The van der Waals surface area contributed by atoms with Crippen molar-refractivity contribution < 1.29 is 19.4 Å². The number of nitrogens with zero attached hydrogens (tertiary/aromatic N) is 1. The van der Waals surface area contributed by atoms with E-state index in [2.05, 4.69) is 0 Å². The van der Waals surface area contributed by atoms with Gasteiger partial charge in [0.05, 0.1) is 30.9 Å². The molecule has 5 nitrogen and oxygen atoms in total. The van der Waals surface area contributed by atoms with Crippen LogP contribution in [0.25, 0.3) is 0 Å². The van der Waals surface area contributed by atoms with Crippen LogP contribution in [-0.2, 0) is 6.54 Å². The van der Waals surface area contributed by atoms with Gasteiger partial charge in [-0.1, -0.05) is 23.2 Å². The minimum absolute atomic E-state index is 0.166. The molecule has 0 aliphatic rings. The van der Waals surface area contributed by atoms with Crippen LogP contribution in [0.4, 0.5) is 0 Å². The van der Waals surface area contributed by atoms with Gasteiger partial charge in [-0.05, 0) is 36.4 Å². The van der Waals surface area contributed by atoms with E-state index >= 15 is 0 Å². The van der Waals surface area contributed by atoms with E-state index in [9.17, 15) is 9.90 Å². The van der Waals surface area contributed by atoms with Gasteiger partial charge in [-0.2, -0.15) is 0 Å². The van der Waals surface area contributed by atoms with Crippen LogP contribution in [-0.4, -0.2) is 43.3 Å². The molecule has 7 heteroatoms. The normalized spacial score (nSPS) is 10.4. The van der Waals surface area contributed by atoms with Crippen LogP contribution in [0, 0.1) is 0 Å². The number of carbonyl (C=O) groups is 1. The monoisotopic (exact) mass is 383 g/mol. The molecule has 0 radical (unpaired) electrons. The predicted octanol–water partition coefficient (Wildman–Crippen LogP) is 3.65. The standard InChI is InChI=1S/C18H19Cl2NO4/c1-24-14-4-6-17(25-2)13(9-14)11-21(7-8-22)18(23)12-3-5-15(19)16(20)10-12/h3-6,9-10,22H,7-8,11H2,1-2H3. The summed E-state index contributed by atoms with van der Waals surface area (Å²) in [6.07, 6.45) is 0. The van der Waals surface area contributed by atoms with E-state index in [0.717, 1.165) is 5.56 Å². The molecule has 0 saturated heterocycles. The van der Waals surface area contributed by atoms with Gasteiger partial charge >= 0.3 is 0 Å². The SMILES string of the molecule is COc1ccc(OC)c(CN(CCO)C(=O)c2ccc(Cl)c(Cl)c2)c1. The van der Waals surface area contributed by atoms with E-state index in [1.165, 1.54) is 11.0 Å². The number of amides is 1. The summed E-state index contributed by atoms with van der Waals surface area (Å²) in [4.78, 5) is 14.3. The van der Waals surface area contributed by atoms with Gasteiger partial charge < -0.3 is 19.5 Å². The average molecular weight is 384 g/mol. The smallest absolute Gasteiger partial charge is 0.254 e. The fraction of sp³-hybridized carbons (Fsp3) is 0.278. The van der Waals surface area contributed by atoms with Crippen LogP contribution in [0.1, 0.15) is 15.9 Å². The molecular formula is C18H19Cl2NO4. The van der Waals surface area contributed by atoms with Crippen molar-refractivity contribution >= 4 is 29.1 Å². The van der Waals surface area contributed by atoms with Crippen molar-refractivity contribution in [1.82, 2.24) is 4.90 Å². The van der Waals surface area contributed by atoms with E-state index in [1.807, 2.05) is 0 Å². The molecule has 2 aromatic carbocycles. The molecule has 0 saturated carbocycles. The number of benzene rings is 2. The van der Waals surface area contributed by atoms with E-state index < -0.39 is 0 Å². The van der Waals surface area contributed by atoms with Crippen molar-refractivity contribution in [2.24, 2.45) is 0 Å². The molecule has 0 unspecified atom stereocenters. The summed E-state index contributed by atoms with van der Waals surface area (Å²) in [7, 11) is 3.13. The fourth-order valence-electron chi connectivity index (χ4n) is 2.40. The molecule has 0 heterocycles. The number of methoxy groups -OCH3 is 2. The second-order valence-corrected chi connectivity index (χ2v) is 6.07. The number of rotatable bonds is 7. The number of hydrogen-bond donors (Lipinski definition) is 1. The van der Waals surface area contributed by atoms with Crippen molar-refractivity contribution in [1.29, 1.82) is 0 Å². The highest BCUT2D eigenvalue weighted by Gasteiger charge is 2.19. The van der Waals surface area contributed by atoms with Gasteiger partial charge in [0.1, 0.15) is 11.5 Å². The highest BCUT2D eigenvalue weighted by molar-refractivity contribution is 6.42. The topological polar surface area (TPSA) is 59.0 Å². The van der Waals surface area contributed by atoms with Crippen molar-refractivity contribution in [3.05, 3.63) is 57.6 Å². The number of aliphatic hydroxyl groups is 1. The Morgan fingerprint density at radius 2 is 1.84 bits per heavy atom. The Morgan fingerprint density at radius 1 is 1.08 bits per heavy atom. The lowest BCUT2D eigenvalue weighted by molar-refractivity contribution is 0.0706. The van der Waals surface area contributed by atoms with Gasteiger partial charge in [0, 0.05) is 24.2 Å². The van der Waals surface area contributed by atoms with E-state index in [1.54, 1.807) is 44.6 Å². The molecular weight excluding hydrogens is 365 g/mol. The Labute approximate surface area is 156 Å². The predicted molar refractivity (Wildman–Crippen MR) is 97.8 cm³/mol. The lowest BCUT2D eigenvalue weighted by Gasteiger charge is -2.23. The maximum absolute atomic E-state index is 12.8. The molecule has 0 aliphatic heterocycles. The molecule has 0 fully saturated rings. The Kier molecular flexibility index (Phi) is 6.93. The maximum Gasteiger partial charge on any atom is 0.254 e. The van der Waals surface area contributed by atoms with Crippen LogP contribution in [0.2, 0.25) is 10.0 Å². The number of halogens is 2. The van der Waals surface area contributed by atoms with Gasteiger partial charge in [-0.25, -0.2) is 0 Å². The van der Waals surface area contributed by atoms with Gasteiger partial charge in [0.2, 0.25) is 0 Å². The zero-order valence-corrected chi connectivity index (χ0v) is 15.5. The van der Waals surface area contributed by atoms with Crippen LogP contribution >= 0.6 is 23.2 Å². The number of carbonyl (C=O) groups excluding carboxylic acids is 1. The Bertz CT molecular complexity index is 752. The molecule has 0 bridgehead atoms. The molecule has 0 aliphatic carbocycles. The lowest BCUT2D eigenvalue weighted by atomic mass is 10.1. The zero-order valence-electron chi connectivity index (χ0n) is 14.0. The highest BCUT2D eigenvalue weighted by Crippen LogP contribution is 2.27. The second kappa shape index (κ2) is 8.94. The Balaban J connectivity index is 2.31. The summed E-state index contributed by atoms with van der Waals surface area (Å²) in [6.45, 7) is 0.249. The third-order valence-electron chi connectivity index (χ3n) is 3.67. The van der Waals surface area contributed by atoms with Crippen molar-refractivity contribution in [2.75, 3.05) is 27.4 Å². The summed E-state index contributed by atoms with van der Waals surface area (Å²) < 4.78 is 10.6. The van der Waals surface area contributed by atoms with Gasteiger partial charge in [-0.15, -0.1) is 0 Å². The molecule has 134 valence electrons. The van der Waals surface area contributed by atoms with Crippen molar-refractivity contribution in [2.45, 2.75) is 6.54 Å². The fourth-order valence-corrected chi connectivity index (χ4v) is 2.69. The first kappa shape index (κ1) is 19.4. The third-order valence-corrected chi connectivity index (χ3v) is 4.41. The second-order valence-electron chi connectivity index (χ2n) is 5.26. The van der Waals surface area contributed by atoms with Gasteiger partial charge in [-0.3, -0.25) is 4.79 Å². The minimum Gasteiger partial charge on any atom is -0.497 e. The third kappa shape index (κ3) is 4.78. The van der Waals surface area contributed by atoms with Crippen LogP contribution in [0.15, 0.2) is 36.4 Å². The van der Waals surface area contributed by atoms with E-state index in [0.29, 0.717) is 27.1 Å². The maximum atomic E-state index is 12.8.